The molecule has 1 atom stereocenters. The summed E-state index contributed by atoms with van der Waals surface area (Å²) in [5.41, 5.74) is -0.140. The van der Waals surface area contributed by atoms with E-state index in [1.165, 1.54) is 0 Å². The Morgan fingerprint density at radius 1 is 1.41 bits per heavy atom. The standard InChI is InChI=1S/C12H13F2N3/c1-17-3-2-9(7-17)16-12-10(13)4-8(6-15)5-11(12)14/h4-5,9,16H,2-3,7H2,1H3. The predicted molar refractivity (Wildman–Crippen MR) is 60.6 cm³/mol. The highest BCUT2D eigenvalue weighted by Crippen LogP contribution is 2.23. The minimum absolute atomic E-state index is 0.00547. The molecular formula is C12H13F2N3. The van der Waals surface area contributed by atoms with Crippen molar-refractivity contribution in [1.82, 2.24) is 4.90 Å². The SMILES string of the molecule is CN1CCC(Nc2c(F)cc(C#N)cc2F)C1. The predicted octanol–water partition coefficient (Wildman–Crippen LogP) is 1.95. The third-order valence-corrected chi connectivity index (χ3v) is 2.91. The molecule has 0 aliphatic carbocycles. The zero-order chi connectivity index (χ0) is 12.4. The molecule has 0 radical (unpaired) electrons. The van der Waals surface area contributed by atoms with E-state index in [0.717, 1.165) is 31.6 Å². The van der Waals surface area contributed by atoms with Gasteiger partial charge in [0.25, 0.3) is 0 Å². The number of nitrogens with one attached hydrogen (secondary N) is 1. The third kappa shape index (κ3) is 2.53. The first-order valence-corrected chi connectivity index (χ1v) is 5.44. The van der Waals surface area contributed by atoms with Crippen molar-refractivity contribution in [2.45, 2.75) is 12.5 Å². The minimum Gasteiger partial charge on any atom is -0.376 e. The monoisotopic (exact) mass is 237 g/mol. The number of hydrogen-bond donors (Lipinski definition) is 1. The molecular weight excluding hydrogens is 224 g/mol. The van der Waals surface area contributed by atoms with Crippen molar-refractivity contribution < 1.29 is 8.78 Å². The number of halogens is 2. The first-order chi connectivity index (χ1) is 8.10. The second-order valence-electron chi connectivity index (χ2n) is 4.32. The number of nitrogens with zero attached hydrogens (tertiary/aromatic N) is 2. The molecule has 3 nitrogen and oxygen atoms in total. The molecule has 1 aromatic carbocycles. The van der Waals surface area contributed by atoms with Gasteiger partial charge in [-0.3, -0.25) is 0 Å². The Hall–Kier alpha value is -1.67. The van der Waals surface area contributed by atoms with Crippen molar-refractivity contribution in [3.8, 4) is 6.07 Å². The molecule has 1 aliphatic heterocycles. The average Bonchev–Trinajstić information content (AvgIpc) is 2.69. The van der Waals surface area contributed by atoms with Gasteiger partial charge in [-0.2, -0.15) is 5.26 Å². The number of nitriles is 1. The van der Waals surface area contributed by atoms with Crippen LogP contribution >= 0.6 is 0 Å². The highest BCUT2D eigenvalue weighted by Gasteiger charge is 2.22. The van der Waals surface area contributed by atoms with E-state index >= 15 is 0 Å². The van der Waals surface area contributed by atoms with Crippen LogP contribution in [0.3, 0.4) is 0 Å². The summed E-state index contributed by atoms with van der Waals surface area (Å²) in [6.45, 7) is 1.68. The van der Waals surface area contributed by atoms with Crippen molar-refractivity contribution in [2.24, 2.45) is 0 Å². The largest absolute Gasteiger partial charge is 0.376 e. The molecule has 0 saturated carbocycles. The van der Waals surface area contributed by atoms with E-state index in [2.05, 4.69) is 10.2 Å². The number of hydrogen-bond acceptors (Lipinski definition) is 3. The molecule has 0 spiro atoms. The van der Waals surface area contributed by atoms with Crippen LogP contribution in [0.5, 0.6) is 0 Å². The van der Waals surface area contributed by atoms with Gasteiger partial charge in [-0.1, -0.05) is 0 Å². The van der Waals surface area contributed by atoms with Crippen LogP contribution in [0.15, 0.2) is 12.1 Å². The van der Waals surface area contributed by atoms with E-state index in [4.69, 9.17) is 5.26 Å². The van der Waals surface area contributed by atoms with Gasteiger partial charge in [-0.25, -0.2) is 8.78 Å². The molecule has 5 heteroatoms. The Morgan fingerprint density at radius 2 is 2.06 bits per heavy atom. The maximum Gasteiger partial charge on any atom is 0.150 e. The van der Waals surface area contributed by atoms with Crippen LogP contribution in [-0.2, 0) is 0 Å². The molecule has 1 fully saturated rings. The van der Waals surface area contributed by atoms with Gasteiger partial charge in [0.1, 0.15) is 5.69 Å². The van der Waals surface area contributed by atoms with E-state index in [0.29, 0.717) is 0 Å². The van der Waals surface area contributed by atoms with Gasteiger partial charge in [0.2, 0.25) is 0 Å². The molecule has 17 heavy (non-hydrogen) atoms. The quantitative estimate of drug-likeness (QED) is 0.854. The van der Waals surface area contributed by atoms with Crippen LogP contribution in [-0.4, -0.2) is 31.1 Å². The van der Waals surface area contributed by atoms with Crippen LogP contribution < -0.4 is 5.32 Å². The van der Waals surface area contributed by atoms with E-state index in [-0.39, 0.29) is 17.3 Å². The van der Waals surface area contributed by atoms with Crippen molar-refractivity contribution in [3.05, 3.63) is 29.3 Å². The number of benzene rings is 1. The highest BCUT2D eigenvalue weighted by molar-refractivity contribution is 5.51. The van der Waals surface area contributed by atoms with Gasteiger partial charge in [-0.05, 0) is 32.1 Å². The number of anilines is 1. The molecule has 1 N–H and O–H groups in total. The van der Waals surface area contributed by atoms with Crippen molar-refractivity contribution in [3.63, 3.8) is 0 Å². The Labute approximate surface area is 98.6 Å². The van der Waals surface area contributed by atoms with Gasteiger partial charge in [0.15, 0.2) is 11.6 Å². The summed E-state index contributed by atoms with van der Waals surface area (Å²) >= 11 is 0. The summed E-state index contributed by atoms with van der Waals surface area (Å²) in [5, 5.41) is 11.4. The molecule has 2 rings (SSSR count). The normalized spacial score (nSPS) is 20.2. The lowest BCUT2D eigenvalue weighted by Crippen LogP contribution is -2.24. The van der Waals surface area contributed by atoms with Crippen LogP contribution in [0, 0.1) is 23.0 Å². The lowest BCUT2D eigenvalue weighted by Gasteiger charge is -2.15. The van der Waals surface area contributed by atoms with Crippen molar-refractivity contribution in [2.75, 3.05) is 25.5 Å². The second kappa shape index (κ2) is 4.68. The molecule has 1 aliphatic rings. The Morgan fingerprint density at radius 3 is 2.53 bits per heavy atom. The van der Waals surface area contributed by atoms with Crippen LogP contribution in [0.2, 0.25) is 0 Å². The van der Waals surface area contributed by atoms with Crippen molar-refractivity contribution in [1.29, 1.82) is 5.26 Å². The number of likely N-dealkylation sites (N-methyl/N-ethyl adjacent to an activating group) is 1. The fourth-order valence-electron chi connectivity index (χ4n) is 2.03. The molecule has 1 aromatic rings. The van der Waals surface area contributed by atoms with Gasteiger partial charge in [-0.15, -0.1) is 0 Å². The fraction of sp³-hybridized carbons (Fsp3) is 0.417. The minimum atomic E-state index is -0.712. The zero-order valence-electron chi connectivity index (χ0n) is 9.50. The van der Waals surface area contributed by atoms with Crippen LogP contribution in [0.4, 0.5) is 14.5 Å². The third-order valence-electron chi connectivity index (χ3n) is 2.91. The molecule has 0 amide bonds. The number of likely N-dealkylation sites (tertiary alicyclic amines) is 1. The second-order valence-corrected chi connectivity index (χ2v) is 4.32. The molecule has 0 aromatic heterocycles. The van der Waals surface area contributed by atoms with E-state index in [1.54, 1.807) is 6.07 Å². The maximum absolute atomic E-state index is 13.6. The van der Waals surface area contributed by atoms with Crippen LogP contribution in [0.25, 0.3) is 0 Å². The molecule has 90 valence electrons. The van der Waals surface area contributed by atoms with Gasteiger partial charge < -0.3 is 10.2 Å². The Balaban J connectivity index is 2.19. The Bertz CT molecular complexity index is 444. The van der Waals surface area contributed by atoms with Gasteiger partial charge in [0.05, 0.1) is 11.6 Å². The smallest absolute Gasteiger partial charge is 0.150 e. The first kappa shape index (κ1) is 11.8. The fourth-order valence-corrected chi connectivity index (χ4v) is 2.03. The van der Waals surface area contributed by atoms with Crippen LogP contribution in [0.1, 0.15) is 12.0 Å². The van der Waals surface area contributed by atoms with E-state index < -0.39 is 11.6 Å². The summed E-state index contributed by atoms with van der Waals surface area (Å²) < 4.78 is 27.2. The summed E-state index contributed by atoms with van der Waals surface area (Å²) in [5.74, 6) is -1.42. The summed E-state index contributed by atoms with van der Waals surface area (Å²) in [7, 11) is 1.97. The highest BCUT2D eigenvalue weighted by atomic mass is 19.1. The zero-order valence-corrected chi connectivity index (χ0v) is 9.50. The lowest BCUT2D eigenvalue weighted by molar-refractivity contribution is 0.413. The average molecular weight is 237 g/mol. The topological polar surface area (TPSA) is 39.1 Å². The Kier molecular flexibility index (Phi) is 3.25. The summed E-state index contributed by atoms with van der Waals surface area (Å²) in [6, 6.07) is 3.86. The molecule has 1 unspecified atom stereocenters. The summed E-state index contributed by atoms with van der Waals surface area (Å²) in [4.78, 5) is 2.09. The molecule has 1 saturated heterocycles. The van der Waals surface area contributed by atoms with E-state index in [1.807, 2.05) is 7.05 Å². The lowest BCUT2D eigenvalue weighted by atomic mass is 10.1. The van der Waals surface area contributed by atoms with Crippen molar-refractivity contribution >= 4 is 5.69 Å². The summed E-state index contributed by atoms with van der Waals surface area (Å²) in [6.07, 6.45) is 0.857. The van der Waals surface area contributed by atoms with Gasteiger partial charge >= 0.3 is 0 Å². The first-order valence-electron chi connectivity index (χ1n) is 5.44. The maximum atomic E-state index is 13.6. The van der Waals surface area contributed by atoms with E-state index in [9.17, 15) is 8.78 Å². The molecule has 1 heterocycles. The number of rotatable bonds is 2. The molecule has 0 bridgehead atoms. The van der Waals surface area contributed by atoms with Gasteiger partial charge in [0, 0.05) is 12.6 Å².